The van der Waals surface area contributed by atoms with Crippen molar-refractivity contribution in [2.24, 2.45) is 0 Å². The van der Waals surface area contributed by atoms with Crippen LogP contribution in [0.4, 0.5) is 0 Å². The molecule has 1 atom stereocenters. The smallest absolute Gasteiger partial charge is 0.197 e. The Morgan fingerprint density at radius 1 is 0.815 bits per heavy atom. The number of ether oxygens (including phenoxy) is 1. The summed E-state index contributed by atoms with van der Waals surface area (Å²) in [6, 6.07) is 28.4. The highest BCUT2D eigenvalue weighted by Crippen LogP contribution is 2.40. The minimum Gasteiger partial charge on any atom is -0.507 e. The van der Waals surface area contributed by atoms with Crippen LogP contribution in [0, 0.1) is 0 Å². The van der Waals surface area contributed by atoms with Gasteiger partial charge in [-0.25, -0.2) is 4.98 Å². The number of pyridine rings is 1. The van der Waals surface area contributed by atoms with Crippen LogP contribution in [0.5, 0.6) is 11.5 Å². The van der Waals surface area contributed by atoms with Crippen molar-refractivity contribution in [3.05, 3.63) is 115 Å². The monoisotopic (exact) mass is 353 g/mol. The topological polar surface area (TPSA) is 42.4 Å². The first kappa shape index (κ1) is 16.9. The highest BCUT2D eigenvalue weighted by molar-refractivity contribution is 5.78. The van der Waals surface area contributed by atoms with E-state index in [1.54, 1.807) is 18.2 Å². The van der Waals surface area contributed by atoms with Crippen LogP contribution in [0.25, 0.3) is 10.9 Å². The zero-order valence-corrected chi connectivity index (χ0v) is 14.7. The Morgan fingerprint density at radius 2 is 1.52 bits per heavy atom. The van der Waals surface area contributed by atoms with Crippen molar-refractivity contribution in [2.45, 2.75) is 5.60 Å². The maximum absolute atomic E-state index is 10.6. The van der Waals surface area contributed by atoms with E-state index in [1.165, 1.54) is 0 Å². The Labute approximate surface area is 158 Å². The number of benzene rings is 3. The molecular formula is C24H19NO2. The number of phenolic OH excluding ortho intramolecular Hbond substituents is 1. The normalized spacial score (nSPS) is 13.0. The van der Waals surface area contributed by atoms with Crippen LogP contribution < -0.4 is 4.74 Å². The van der Waals surface area contributed by atoms with Gasteiger partial charge in [-0.15, -0.1) is 0 Å². The van der Waals surface area contributed by atoms with Crippen molar-refractivity contribution in [3.8, 4) is 11.5 Å². The van der Waals surface area contributed by atoms with Gasteiger partial charge in [-0.1, -0.05) is 67.2 Å². The fraction of sp³-hybridized carbons (Fsp3) is 0.0417. The average Bonchev–Trinajstić information content (AvgIpc) is 2.73. The van der Waals surface area contributed by atoms with E-state index in [0.29, 0.717) is 17.0 Å². The van der Waals surface area contributed by atoms with Gasteiger partial charge in [0, 0.05) is 10.9 Å². The first-order chi connectivity index (χ1) is 13.2. The van der Waals surface area contributed by atoms with Crippen molar-refractivity contribution in [1.82, 2.24) is 4.98 Å². The third-order valence-corrected chi connectivity index (χ3v) is 4.59. The van der Waals surface area contributed by atoms with Crippen LogP contribution in [0.15, 0.2) is 104 Å². The molecule has 0 radical (unpaired) electrons. The first-order valence-electron chi connectivity index (χ1n) is 8.75. The van der Waals surface area contributed by atoms with Gasteiger partial charge in [-0.2, -0.15) is 0 Å². The Morgan fingerprint density at radius 3 is 2.30 bits per heavy atom. The Kier molecular flexibility index (Phi) is 4.35. The van der Waals surface area contributed by atoms with Gasteiger partial charge in [0.1, 0.15) is 11.5 Å². The highest BCUT2D eigenvalue weighted by Gasteiger charge is 2.37. The van der Waals surface area contributed by atoms with Gasteiger partial charge in [0.25, 0.3) is 0 Å². The maximum Gasteiger partial charge on any atom is 0.197 e. The predicted octanol–water partition coefficient (Wildman–Crippen LogP) is 5.45. The van der Waals surface area contributed by atoms with Crippen molar-refractivity contribution < 1.29 is 9.84 Å². The van der Waals surface area contributed by atoms with Gasteiger partial charge in [-0.3, -0.25) is 0 Å². The van der Waals surface area contributed by atoms with Gasteiger partial charge in [0.2, 0.25) is 0 Å². The number of fused-ring (bicyclic) bond motifs is 1. The average molecular weight is 353 g/mol. The Bertz CT molecular complexity index is 1090. The summed E-state index contributed by atoms with van der Waals surface area (Å²) in [5, 5.41) is 11.6. The van der Waals surface area contributed by atoms with Crippen LogP contribution in [0.1, 0.15) is 11.3 Å². The number of nitrogens with zero attached hydrogens (tertiary/aromatic N) is 1. The molecule has 0 aliphatic rings. The SMILES string of the molecule is C=CC(Oc1ccccc1)(c1ccc2ccccc2n1)c1ccccc1O. The quantitative estimate of drug-likeness (QED) is 0.485. The summed E-state index contributed by atoms with van der Waals surface area (Å²) in [7, 11) is 0. The molecule has 1 aromatic heterocycles. The van der Waals surface area contributed by atoms with Crippen LogP contribution in [0.3, 0.4) is 0 Å². The zero-order chi connectivity index (χ0) is 18.7. The van der Waals surface area contributed by atoms with Crippen LogP contribution in [-0.4, -0.2) is 10.1 Å². The van der Waals surface area contributed by atoms with E-state index in [2.05, 4.69) is 6.58 Å². The maximum atomic E-state index is 10.6. The van der Waals surface area contributed by atoms with Crippen LogP contribution in [0.2, 0.25) is 0 Å². The van der Waals surface area contributed by atoms with Crippen molar-refractivity contribution in [1.29, 1.82) is 0 Å². The predicted molar refractivity (Wildman–Crippen MR) is 108 cm³/mol. The summed E-state index contributed by atoms with van der Waals surface area (Å²) in [4.78, 5) is 4.82. The number of aromatic hydroxyl groups is 1. The second kappa shape index (κ2) is 6.96. The lowest BCUT2D eigenvalue weighted by molar-refractivity contribution is 0.156. The molecule has 0 spiro atoms. The molecule has 0 saturated heterocycles. The molecule has 0 amide bonds. The van der Waals surface area contributed by atoms with E-state index in [9.17, 15) is 5.11 Å². The molecule has 1 heterocycles. The molecule has 4 rings (SSSR count). The summed E-state index contributed by atoms with van der Waals surface area (Å²) in [6.07, 6.45) is 1.69. The third kappa shape index (κ3) is 3.04. The molecule has 0 saturated carbocycles. The Balaban J connectivity index is 1.96. The van der Waals surface area contributed by atoms with Crippen LogP contribution >= 0.6 is 0 Å². The van der Waals surface area contributed by atoms with E-state index in [4.69, 9.17) is 9.72 Å². The number of rotatable bonds is 5. The number of aromatic nitrogens is 1. The molecule has 4 aromatic rings. The molecule has 132 valence electrons. The number of hydrogen-bond acceptors (Lipinski definition) is 3. The van der Waals surface area contributed by atoms with Crippen LogP contribution in [-0.2, 0) is 5.60 Å². The molecule has 1 N–H and O–H groups in total. The second-order valence-corrected chi connectivity index (χ2v) is 6.26. The molecule has 1 unspecified atom stereocenters. The highest BCUT2D eigenvalue weighted by atomic mass is 16.5. The Hall–Kier alpha value is -3.59. The van der Waals surface area contributed by atoms with E-state index >= 15 is 0 Å². The van der Waals surface area contributed by atoms with Gasteiger partial charge in [0.15, 0.2) is 5.60 Å². The standard InChI is InChI=1S/C24H19NO2/c1-2-24(20-13-7-9-15-22(20)26,27-19-11-4-3-5-12-19)23-17-16-18-10-6-8-14-21(18)25-23/h2-17,26H,1H2. The molecular weight excluding hydrogens is 334 g/mol. The summed E-state index contributed by atoms with van der Waals surface area (Å²) < 4.78 is 6.41. The van der Waals surface area contributed by atoms with Gasteiger partial charge in [0.05, 0.1) is 11.2 Å². The third-order valence-electron chi connectivity index (χ3n) is 4.59. The summed E-state index contributed by atoms with van der Waals surface area (Å²) >= 11 is 0. The second-order valence-electron chi connectivity index (χ2n) is 6.26. The lowest BCUT2D eigenvalue weighted by atomic mass is 9.88. The summed E-state index contributed by atoms with van der Waals surface area (Å²) in [6.45, 7) is 4.03. The van der Waals surface area contributed by atoms with Crippen molar-refractivity contribution >= 4 is 10.9 Å². The zero-order valence-electron chi connectivity index (χ0n) is 14.7. The number of phenols is 1. The molecule has 0 bridgehead atoms. The first-order valence-corrected chi connectivity index (χ1v) is 8.75. The van der Waals surface area contributed by atoms with E-state index in [-0.39, 0.29) is 5.75 Å². The number of hydrogen-bond donors (Lipinski definition) is 1. The van der Waals surface area contributed by atoms with Gasteiger partial charge in [-0.05, 0) is 36.4 Å². The minimum absolute atomic E-state index is 0.128. The molecule has 3 nitrogen and oxygen atoms in total. The molecule has 0 fully saturated rings. The molecule has 0 aliphatic heterocycles. The van der Waals surface area contributed by atoms with Gasteiger partial charge >= 0.3 is 0 Å². The van der Waals surface area contributed by atoms with E-state index in [1.807, 2.05) is 78.9 Å². The van der Waals surface area contributed by atoms with Crippen molar-refractivity contribution in [3.63, 3.8) is 0 Å². The molecule has 27 heavy (non-hydrogen) atoms. The summed E-state index contributed by atoms with van der Waals surface area (Å²) in [5.41, 5.74) is 0.970. The fourth-order valence-electron chi connectivity index (χ4n) is 3.24. The molecule has 0 aliphatic carbocycles. The van der Waals surface area contributed by atoms with Crippen molar-refractivity contribution in [2.75, 3.05) is 0 Å². The largest absolute Gasteiger partial charge is 0.507 e. The fourth-order valence-corrected chi connectivity index (χ4v) is 3.24. The molecule has 3 aromatic carbocycles. The minimum atomic E-state index is -1.13. The summed E-state index contributed by atoms with van der Waals surface area (Å²) in [5.74, 6) is 0.791. The van der Waals surface area contributed by atoms with E-state index in [0.717, 1.165) is 10.9 Å². The van der Waals surface area contributed by atoms with Gasteiger partial charge < -0.3 is 9.84 Å². The molecule has 3 heteroatoms. The van der Waals surface area contributed by atoms with E-state index < -0.39 is 5.60 Å². The lowest BCUT2D eigenvalue weighted by Gasteiger charge is -2.32. The number of para-hydroxylation sites is 3. The lowest BCUT2D eigenvalue weighted by Crippen LogP contribution is -2.33.